The highest BCUT2D eigenvalue weighted by Crippen LogP contribution is 2.20. The molecule has 1 atom stereocenters. The molecule has 0 saturated heterocycles. The van der Waals surface area contributed by atoms with Crippen molar-refractivity contribution < 1.29 is 19.8 Å². The predicted molar refractivity (Wildman–Crippen MR) is 86.3 cm³/mol. The number of aliphatic carboxylic acids is 1. The van der Waals surface area contributed by atoms with Gasteiger partial charge in [-0.2, -0.15) is 0 Å². The highest BCUT2D eigenvalue weighted by Gasteiger charge is 2.30. The van der Waals surface area contributed by atoms with Crippen LogP contribution in [0.2, 0.25) is 0 Å². The summed E-state index contributed by atoms with van der Waals surface area (Å²) in [4.78, 5) is 22.8. The number of carbonyl (C=O) groups excluding carboxylic acids is 1. The summed E-state index contributed by atoms with van der Waals surface area (Å²) in [7, 11) is 0. The number of amides is 1. The number of phenols is 1. The summed E-state index contributed by atoms with van der Waals surface area (Å²) >= 11 is 3.44. The van der Waals surface area contributed by atoms with Gasteiger partial charge >= 0.3 is 5.97 Å². The molecule has 0 fully saturated rings. The lowest BCUT2D eigenvalue weighted by Gasteiger charge is -2.19. The van der Waals surface area contributed by atoms with Crippen LogP contribution in [0, 0.1) is 0 Å². The first-order chi connectivity index (χ1) is 8.70. The molecule has 8 heteroatoms. The first-order valence-electron chi connectivity index (χ1n) is 5.18. The van der Waals surface area contributed by atoms with Crippen molar-refractivity contribution in [1.29, 1.82) is 0 Å². The summed E-state index contributed by atoms with van der Waals surface area (Å²) in [6.45, 7) is 0. The van der Waals surface area contributed by atoms with Crippen LogP contribution in [0.3, 0.4) is 0 Å². The molecule has 19 heavy (non-hydrogen) atoms. The molecule has 0 aliphatic heterocycles. The Morgan fingerprint density at radius 3 is 2.26 bits per heavy atom. The van der Waals surface area contributed by atoms with Gasteiger partial charge in [0.05, 0.1) is 0 Å². The van der Waals surface area contributed by atoms with E-state index in [2.05, 4.69) is 5.32 Å². The molecule has 0 spiro atoms. The van der Waals surface area contributed by atoms with Crippen LogP contribution < -0.4 is 11.1 Å². The Morgan fingerprint density at radius 2 is 1.84 bits per heavy atom. The number of aromatic hydroxyl groups is 1. The molecule has 1 rings (SSSR count). The van der Waals surface area contributed by atoms with Crippen LogP contribution >= 0.6 is 45.2 Å². The van der Waals surface area contributed by atoms with Gasteiger partial charge < -0.3 is 21.3 Å². The van der Waals surface area contributed by atoms with Gasteiger partial charge in [-0.15, -0.1) is 0 Å². The van der Waals surface area contributed by atoms with Crippen molar-refractivity contribution in [3.8, 4) is 5.75 Å². The van der Waals surface area contributed by atoms with Crippen LogP contribution in [-0.4, -0.2) is 29.7 Å². The van der Waals surface area contributed by atoms with Crippen LogP contribution in [0.5, 0.6) is 5.75 Å². The van der Waals surface area contributed by atoms with Crippen molar-refractivity contribution in [3.63, 3.8) is 0 Å². The third-order valence-corrected chi connectivity index (χ3v) is 3.26. The third kappa shape index (κ3) is 5.48. The fourth-order valence-electron chi connectivity index (χ4n) is 1.32. The zero-order chi connectivity index (χ0) is 14.6. The summed E-state index contributed by atoms with van der Waals surface area (Å²) < 4.78 is -1.20. The van der Waals surface area contributed by atoms with Gasteiger partial charge in [0.15, 0.2) is 1.55 Å². The predicted octanol–water partition coefficient (Wildman–Crippen LogP) is 0.987. The van der Waals surface area contributed by atoms with E-state index in [-0.39, 0.29) is 12.2 Å². The topological polar surface area (TPSA) is 113 Å². The summed E-state index contributed by atoms with van der Waals surface area (Å²) in [6, 6.07) is 5.05. The summed E-state index contributed by atoms with van der Waals surface area (Å²) in [5, 5.41) is 20.6. The van der Waals surface area contributed by atoms with Gasteiger partial charge in [0.1, 0.15) is 11.8 Å². The molecule has 0 bridgehead atoms. The molecular formula is C11H12I2N2O4. The molecule has 1 aromatic rings. The maximum absolute atomic E-state index is 11.7. The van der Waals surface area contributed by atoms with E-state index in [0.717, 1.165) is 0 Å². The summed E-state index contributed by atoms with van der Waals surface area (Å²) in [5.41, 5.74) is 6.27. The molecule has 0 aromatic heterocycles. The molecule has 0 aliphatic rings. The minimum atomic E-state index is -1.20. The number of nitrogens with two attached hydrogens (primary N) is 1. The van der Waals surface area contributed by atoms with E-state index < -0.39 is 19.5 Å². The number of rotatable bonds is 5. The molecule has 0 radical (unpaired) electrons. The van der Waals surface area contributed by atoms with E-state index in [9.17, 15) is 9.59 Å². The number of benzene rings is 1. The summed E-state index contributed by atoms with van der Waals surface area (Å²) in [6.07, 6.45) is 0.116. The molecule has 0 heterocycles. The fourth-order valence-corrected chi connectivity index (χ4v) is 1.63. The van der Waals surface area contributed by atoms with E-state index in [1.807, 2.05) is 0 Å². The van der Waals surface area contributed by atoms with E-state index in [1.165, 1.54) is 12.1 Å². The van der Waals surface area contributed by atoms with Gasteiger partial charge in [-0.05, 0) is 62.9 Å². The molecule has 1 aromatic carbocycles. The Balaban J connectivity index is 2.77. The zero-order valence-electron chi connectivity index (χ0n) is 9.64. The molecule has 6 nitrogen and oxygen atoms in total. The van der Waals surface area contributed by atoms with Gasteiger partial charge in [0, 0.05) is 6.42 Å². The van der Waals surface area contributed by atoms with Crippen molar-refractivity contribution in [2.75, 3.05) is 0 Å². The van der Waals surface area contributed by atoms with E-state index in [1.54, 1.807) is 57.3 Å². The molecule has 104 valence electrons. The number of carboxylic acids is 1. The van der Waals surface area contributed by atoms with Crippen molar-refractivity contribution in [2.24, 2.45) is 5.73 Å². The second-order valence-electron chi connectivity index (χ2n) is 3.86. The van der Waals surface area contributed by atoms with Gasteiger partial charge in [-0.1, -0.05) is 12.1 Å². The van der Waals surface area contributed by atoms with Gasteiger partial charge in [0.2, 0.25) is 0 Å². The lowest BCUT2D eigenvalue weighted by atomic mass is 10.1. The Bertz CT molecular complexity index is 471. The second-order valence-corrected chi connectivity index (χ2v) is 9.33. The fraction of sp³-hybridized carbons (Fsp3) is 0.273. The molecule has 5 N–H and O–H groups in total. The smallest absolute Gasteiger partial charge is 0.326 e. The number of hydrogen-bond donors (Lipinski definition) is 4. The van der Waals surface area contributed by atoms with Crippen LogP contribution in [0.4, 0.5) is 0 Å². The van der Waals surface area contributed by atoms with Crippen LogP contribution in [0.25, 0.3) is 0 Å². The van der Waals surface area contributed by atoms with Crippen LogP contribution in [0.15, 0.2) is 24.3 Å². The minimum absolute atomic E-state index is 0.0974. The van der Waals surface area contributed by atoms with E-state index in [0.29, 0.717) is 5.56 Å². The largest absolute Gasteiger partial charge is 0.508 e. The molecule has 1 amide bonds. The van der Waals surface area contributed by atoms with Crippen LogP contribution in [-0.2, 0) is 16.0 Å². The molecular weight excluding hydrogens is 478 g/mol. The van der Waals surface area contributed by atoms with Crippen molar-refractivity contribution in [1.82, 2.24) is 5.32 Å². The van der Waals surface area contributed by atoms with Crippen molar-refractivity contribution in [3.05, 3.63) is 29.8 Å². The lowest BCUT2D eigenvalue weighted by molar-refractivity contribution is -0.141. The Labute approximate surface area is 137 Å². The van der Waals surface area contributed by atoms with Crippen molar-refractivity contribution >= 4 is 57.1 Å². The number of nitrogens with one attached hydrogen (secondary N) is 1. The Hall–Kier alpha value is -0.620. The Kier molecular flexibility index (Phi) is 5.80. The van der Waals surface area contributed by atoms with Gasteiger partial charge in [0.25, 0.3) is 5.91 Å². The van der Waals surface area contributed by atoms with Crippen LogP contribution in [0.1, 0.15) is 5.56 Å². The second kappa shape index (κ2) is 6.70. The molecule has 0 saturated carbocycles. The Morgan fingerprint density at radius 1 is 1.32 bits per heavy atom. The summed E-state index contributed by atoms with van der Waals surface area (Å²) in [5.74, 6) is -1.60. The van der Waals surface area contributed by atoms with Gasteiger partial charge in [-0.3, -0.25) is 4.79 Å². The van der Waals surface area contributed by atoms with E-state index >= 15 is 0 Å². The maximum atomic E-state index is 11.7. The first-order valence-corrected chi connectivity index (χ1v) is 7.34. The quantitative estimate of drug-likeness (QED) is 0.280. The van der Waals surface area contributed by atoms with E-state index in [4.69, 9.17) is 15.9 Å². The SMILES string of the molecule is NC(I)(I)C(=O)N[C@@H](Cc1ccc(O)cc1)C(=O)O. The highest BCUT2D eigenvalue weighted by atomic mass is 127. The number of carboxylic acid groups (broad SMARTS) is 1. The standard InChI is InChI=1S/C11H12I2N2O4/c12-11(13,14)10(19)15-8(9(17)18)5-6-1-3-7(16)4-2-6/h1-4,8,16H,5,14H2,(H,15,19)(H,17,18)/t8-/m0/s1. The normalized spacial score (nSPS) is 12.8. The molecule has 0 aliphatic carbocycles. The number of carbonyl (C=O) groups is 2. The zero-order valence-corrected chi connectivity index (χ0v) is 14.0. The monoisotopic (exact) mass is 490 g/mol. The average molecular weight is 490 g/mol. The first kappa shape index (κ1) is 16.4. The highest BCUT2D eigenvalue weighted by molar-refractivity contribution is 14.2. The number of alkyl halides is 2. The number of hydrogen-bond acceptors (Lipinski definition) is 4. The van der Waals surface area contributed by atoms with Crippen molar-refractivity contribution in [2.45, 2.75) is 14.0 Å². The lowest BCUT2D eigenvalue weighted by Crippen LogP contribution is -2.51. The average Bonchev–Trinajstić information content (AvgIpc) is 2.29. The third-order valence-electron chi connectivity index (χ3n) is 2.28. The van der Waals surface area contributed by atoms with Gasteiger partial charge in [-0.25, -0.2) is 4.79 Å². The minimum Gasteiger partial charge on any atom is -0.508 e. The number of phenolic OH excluding ortho intramolecular Hbond substituents is 1. The molecule has 0 unspecified atom stereocenters. The maximum Gasteiger partial charge on any atom is 0.326 e. The number of halogens is 2.